The van der Waals surface area contributed by atoms with Crippen LogP contribution in [0.3, 0.4) is 0 Å². The first-order valence-corrected chi connectivity index (χ1v) is 10.7. The molecular weight excluding hydrogens is 418 g/mol. The molecule has 4 aromatic rings. The van der Waals surface area contributed by atoms with Gasteiger partial charge < -0.3 is 15.1 Å². The van der Waals surface area contributed by atoms with Crippen molar-refractivity contribution in [2.24, 2.45) is 0 Å². The van der Waals surface area contributed by atoms with E-state index in [1.165, 1.54) is 11.1 Å². The number of pyridine rings is 1. The molecule has 1 atom stereocenters. The highest BCUT2D eigenvalue weighted by Gasteiger charge is 2.23. The Balaban J connectivity index is 1.74. The van der Waals surface area contributed by atoms with Gasteiger partial charge in [-0.05, 0) is 54.4 Å². The Bertz CT molecular complexity index is 1110. The van der Waals surface area contributed by atoms with E-state index < -0.39 is 0 Å². The fourth-order valence-corrected chi connectivity index (χ4v) is 4.27. The number of aryl methyl sites for hydroxylation is 1. The van der Waals surface area contributed by atoms with Gasteiger partial charge in [0.1, 0.15) is 10.8 Å². The van der Waals surface area contributed by atoms with Gasteiger partial charge in [0.2, 0.25) is 0 Å². The van der Waals surface area contributed by atoms with Crippen LogP contribution in [-0.4, -0.2) is 10.9 Å². The van der Waals surface area contributed by atoms with Gasteiger partial charge in [0.15, 0.2) is 5.76 Å². The molecule has 0 aliphatic heterocycles. The fraction of sp³-hybridized carbons (Fsp3) is 0.130. The Morgan fingerprint density at radius 2 is 2.00 bits per heavy atom. The van der Waals surface area contributed by atoms with Crippen molar-refractivity contribution in [2.45, 2.75) is 19.4 Å². The third-order valence-electron chi connectivity index (χ3n) is 4.60. The zero-order valence-corrected chi connectivity index (χ0v) is 17.8. The van der Waals surface area contributed by atoms with Gasteiger partial charge in [0.05, 0.1) is 12.3 Å². The molecule has 3 aromatic heterocycles. The Morgan fingerprint density at radius 1 is 1.17 bits per heavy atom. The highest BCUT2D eigenvalue weighted by Crippen LogP contribution is 2.38. The summed E-state index contributed by atoms with van der Waals surface area (Å²) in [6, 6.07) is 18.6. The number of amides is 1. The molecule has 5 nitrogen and oxygen atoms in total. The minimum Gasteiger partial charge on any atom is -0.459 e. The van der Waals surface area contributed by atoms with Crippen molar-refractivity contribution in [2.75, 3.05) is 10.6 Å². The summed E-state index contributed by atoms with van der Waals surface area (Å²) in [5, 5.41) is 7.95. The average molecular weight is 438 g/mol. The minimum atomic E-state index is -0.279. The topological polar surface area (TPSA) is 67.2 Å². The van der Waals surface area contributed by atoms with Crippen molar-refractivity contribution in [3.63, 3.8) is 0 Å². The maximum absolute atomic E-state index is 12.6. The summed E-state index contributed by atoms with van der Waals surface area (Å²) in [6.45, 7) is 2.09. The third-order valence-corrected chi connectivity index (χ3v) is 6.07. The zero-order valence-electron chi connectivity index (χ0n) is 16.3. The van der Waals surface area contributed by atoms with Crippen LogP contribution in [0.5, 0.6) is 0 Å². The molecule has 1 aromatic carbocycles. The highest BCUT2D eigenvalue weighted by molar-refractivity contribution is 7.16. The van der Waals surface area contributed by atoms with Crippen molar-refractivity contribution in [3.05, 3.63) is 99.9 Å². The van der Waals surface area contributed by atoms with Crippen molar-refractivity contribution in [3.8, 4) is 0 Å². The van der Waals surface area contributed by atoms with Gasteiger partial charge in [0.25, 0.3) is 5.91 Å². The Hall–Kier alpha value is -3.09. The number of rotatable bonds is 7. The first-order valence-electron chi connectivity index (χ1n) is 9.54. The first-order chi connectivity index (χ1) is 14.6. The van der Waals surface area contributed by atoms with Crippen LogP contribution in [0.1, 0.15) is 39.5 Å². The molecule has 7 heteroatoms. The van der Waals surface area contributed by atoms with Crippen molar-refractivity contribution in [1.29, 1.82) is 0 Å². The molecule has 0 aliphatic carbocycles. The molecule has 152 valence electrons. The summed E-state index contributed by atoms with van der Waals surface area (Å²) < 4.78 is 5.25. The molecule has 2 N–H and O–H groups in total. The van der Waals surface area contributed by atoms with Gasteiger partial charge >= 0.3 is 0 Å². The normalized spacial score (nSPS) is 11.8. The summed E-state index contributed by atoms with van der Waals surface area (Å²) >= 11 is 7.67. The van der Waals surface area contributed by atoms with Gasteiger partial charge in [-0.3, -0.25) is 4.79 Å². The number of hydrogen-bond acceptors (Lipinski definition) is 5. The second-order valence-electron chi connectivity index (χ2n) is 6.63. The van der Waals surface area contributed by atoms with E-state index in [0.717, 1.165) is 28.4 Å². The summed E-state index contributed by atoms with van der Waals surface area (Å²) in [5.41, 5.74) is 1.98. The van der Waals surface area contributed by atoms with E-state index in [4.69, 9.17) is 16.0 Å². The summed E-state index contributed by atoms with van der Waals surface area (Å²) in [4.78, 5) is 18.2. The van der Waals surface area contributed by atoms with Gasteiger partial charge in [-0.15, -0.1) is 11.3 Å². The molecule has 0 spiro atoms. The molecule has 0 aliphatic rings. The maximum atomic E-state index is 12.6. The van der Waals surface area contributed by atoms with E-state index in [-0.39, 0.29) is 17.7 Å². The van der Waals surface area contributed by atoms with Crippen molar-refractivity contribution < 1.29 is 9.21 Å². The second-order valence-corrected chi connectivity index (χ2v) is 8.20. The van der Waals surface area contributed by atoms with Crippen molar-refractivity contribution in [1.82, 2.24) is 4.98 Å². The summed E-state index contributed by atoms with van der Waals surface area (Å²) in [5.74, 6) is 0.733. The molecule has 0 radical (unpaired) electrons. The van der Waals surface area contributed by atoms with E-state index in [2.05, 4.69) is 28.6 Å². The Kier molecular flexibility index (Phi) is 6.16. The van der Waals surface area contributed by atoms with Gasteiger partial charge in [-0.25, -0.2) is 4.98 Å². The average Bonchev–Trinajstić information content (AvgIpc) is 3.44. The van der Waals surface area contributed by atoms with Gasteiger partial charge in [-0.1, -0.05) is 36.7 Å². The SMILES string of the molecule is CCc1cc([C@@H](Nc2ccccn2)c2ccc(Cl)cc2)c(NC(=O)c2ccco2)s1. The van der Waals surface area contributed by atoms with E-state index in [1.807, 2.05) is 42.5 Å². The third kappa shape index (κ3) is 4.56. The van der Waals surface area contributed by atoms with Crippen LogP contribution in [0.4, 0.5) is 10.8 Å². The quantitative estimate of drug-likeness (QED) is 0.350. The molecule has 0 unspecified atom stereocenters. The summed E-state index contributed by atoms with van der Waals surface area (Å²) in [6.07, 6.45) is 4.10. The van der Waals surface area contributed by atoms with E-state index in [9.17, 15) is 4.79 Å². The molecule has 0 fully saturated rings. The van der Waals surface area contributed by atoms with Crippen LogP contribution < -0.4 is 10.6 Å². The van der Waals surface area contributed by atoms with Crippen LogP contribution in [0.2, 0.25) is 5.02 Å². The standard InChI is InChI=1S/C23H20ClN3O2S/c1-2-17-14-18(23(30-17)27-22(28)19-6-5-13-29-19)21(15-8-10-16(24)11-9-15)26-20-7-3-4-12-25-20/h3-14,21H,2H2,1H3,(H,25,26)(H,27,28)/t21-/m0/s1. The molecule has 30 heavy (non-hydrogen) atoms. The van der Waals surface area contributed by atoms with Gasteiger partial charge in [0, 0.05) is 21.7 Å². The van der Waals surface area contributed by atoms with E-state index in [0.29, 0.717) is 5.02 Å². The van der Waals surface area contributed by atoms with Crippen molar-refractivity contribution >= 4 is 39.7 Å². The number of furan rings is 1. The van der Waals surface area contributed by atoms with Crippen LogP contribution in [-0.2, 0) is 6.42 Å². The number of carbonyl (C=O) groups excluding carboxylic acids is 1. The first kappa shape index (κ1) is 20.2. The number of thiophene rings is 1. The maximum Gasteiger partial charge on any atom is 0.291 e. The fourth-order valence-electron chi connectivity index (χ4n) is 3.11. The lowest BCUT2D eigenvalue weighted by Crippen LogP contribution is -2.16. The monoisotopic (exact) mass is 437 g/mol. The number of anilines is 2. The molecular formula is C23H20ClN3O2S. The Labute approximate surface area is 183 Å². The van der Waals surface area contributed by atoms with Crippen LogP contribution in [0, 0.1) is 0 Å². The molecule has 4 rings (SSSR count). The smallest absolute Gasteiger partial charge is 0.291 e. The van der Waals surface area contributed by atoms with E-state index >= 15 is 0 Å². The van der Waals surface area contributed by atoms with Crippen LogP contribution in [0.25, 0.3) is 0 Å². The lowest BCUT2D eigenvalue weighted by atomic mass is 9.99. The summed E-state index contributed by atoms with van der Waals surface area (Å²) in [7, 11) is 0. The lowest BCUT2D eigenvalue weighted by molar-refractivity contribution is 0.0997. The predicted octanol–water partition coefficient (Wildman–Crippen LogP) is 6.41. The minimum absolute atomic E-state index is 0.222. The number of halogens is 1. The van der Waals surface area contributed by atoms with Crippen LogP contribution in [0.15, 0.2) is 77.5 Å². The van der Waals surface area contributed by atoms with Crippen LogP contribution >= 0.6 is 22.9 Å². The predicted molar refractivity (Wildman–Crippen MR) is 122 cm³/mol. The second kappa shape index (κ2) is 9.15. The zero-order chi connectivity index (χ0) is 20.9. The molecule has 0 saturated carbocycles. The lowest BCUT2D eigenvalue weighted by Gasteiger charge is -2.21. The molecule has 0 saturated heterocycles. The van der Waals surface area contributed by atoms with Gasteiger partial charge in [-0.2, -0.15) is 0 Å². The number of benzene rings is 1. The van der Waals surface area contributed by atoms with E-state index in [1.54, 1.807) is 29.7 Å². The molecule has 3 heterocycles. The highest BCUT2D eigenvalue weighted by atomic mass is 35.5. The number of nitrogens with zero attached hydrogens (tertiary/aromatic N) is 1. The Morgan fingerprint density at radius 3 is 2.67 bits per heavy atom. The molecule has 0 bridgehead atoms. The number of hydrogen-bond donors (Lipinski definition) is 2. The number of nitrogens with one attached hydrogen (secondary N) is 2. The largest absolute Gasteiger partial charge is 0.459 e. The molecule has 1 amide bonds. The number of carbonyl (C=O) groups is 1. The number of aromatic nitrogens is 1.